The van der Waals surface area contributed by atoms with Crippen LogP contribution in [0.3, 0.4) is 0 Å². The predicted molar refractivity (Wildman–Crippen MR) is 85.1 cm³/mol. The fourth-order valence-electron chi connectivity index (χ4n) is 2.01. The molecule has 0 unspecified atom stereocenters. The molecule has 1 aromatic heterocycles. The number of hydrogen-bond acceptors (Lipinski definition) is 6. The van der Waals surface area contributed by atoms with E-state index in [1.165, 1.54) is 12.1 Å². The van der Waals surface area contributed by atoms with Crippen LogP contribution in [0.1, 0.15) is 21.9 Å². The summed E-state index contributed by atoms with van der Waals surface area (Å²) in [5, 5.41) is 13.4. The zero-order valence-corrected chi connectivity index (χ0v) is 13.4. The summed E-state index contributed by atoms with van der Waals surface area (Å²) in [4.78, 5) is 22.1. The molecule has 1 N–H and O–H groups in total. The first-order valence-corrected chi connectivity index (χ1v) is 7.25. The van der Waals surface area contributed by atoms with Gasteiger partial charge in [0.05, 0.1) is 11.5 Å². The van der Waals surface area contributed by atoms with Crippen molar-refractivity contribution in [2.45, 2.75) is 13.5 Å². The number of aryl methyl sites for hydroxylation is 1. The average Bonchev–Trinajstić information content (AvgIpc) is 3.02. The van der Waals surface area contributed by atoms with Crippen LogP contribution in [-0.4, -0.2) is 31.1 Å². The number of nitro benzene ring substituents is 1. The van der Waals surface area contributed by atoms with Gasteiger partial charge in [-0.1, -0.05) is 0 Å². The summed E-state index contributed by atoms with van der Waals surface area (Å²) in [5.74, 6) is 0.817. The lowest BCUT2D eigenvalue weighted by Crippen LogP contribution is -2.26. The lowest BCUT2D eigenvalue weighted by molar-refractivity contribution is -0.385. The van der Waals surface area contributed by atoms with Gasteiger partial charge in [-0.05, 0) is 31.2 Å². The lowest BCUT2D eigenvalue weighted by atomic mass is 10.2. The molecule has 0 atom stereocenters. The molecule has 128 valence electrons. The Labute approximate surface area is 138 Å². The molecule has 1 amide bonds. The summed E-state index contributed by atoms with van der Waals surface area (Å²) in [6, 6.07) is 7.69. The molecule has 2 aromatic rings. The predicted octanol–water partition coefficient (Wildman–Crippen LogP) is 2.45. The van der Waals surface area contributed by atoms with Gasteiger partial charge in [0.15, 0.2) is 5.76 Å². The Morgan fingerprint density at radius 1 is 1.33 bits per heavy atom. The van der Waals surface area contributed by atoms with Crippen molar-refractivity contribution in [3.05, 3.63) is 57.5 Å². The number of amides is 1. The Balaban J connectivity index is 1.92. The third-order valence-electron chi connectivity index (χ3n) is 3.22. The van der Waals surface area contributed by atoms with Crippen molar-refractivity contribution in [3.63, 3.8) is 0 Å². The Hall–Kier alpha value is -2.87. The summed E-state index contributed by atoms with van der Waals surface area (Å²) in [6.07, 6.45) is 0. The maximum Gasteiger partial charge on any atom is 0.287 e. The molecule has 0 saturated heterocycles. The standard InChI is InChI=1S/C16H18N2O6/c1-11-9-12(3-5-14(11)18(20)21)23-10-13-4-6-15(24-13)16(19)17-7-8-22-2/h3-6,9H,7-8,10H2,1-2H3,(H,17,19). The SMILES string of the molecule is COCCNC(=O)c1ccc(COc2ccc([N+](=O)[O-])c(C)c2)o1. The van der Waals surface area contributed by atoms with Crippen molar-refractivity contribution in [3.8, 4) is 5.75 Å². The molecular weight excluding hydrogens is 316 g/mol. The van der Waals surface area contributed by atoms with Gasteiger partial charge < -0.3 is 19.2 Å². The van der Waals surface area contributed by atoms with E-state index in [1.807, 2.05) is 0 Å². The molecule has 0 aliphatic rings. The van der Waals surface area contributed by atoms with E-state index >= 15 is 0 Å². The summed E-state index contributed by atoms with van der Waals surface area (Å²) >= 11 is 0. The van der Waals surface area contributed by atoms with Crippen molar-refractivity contribution in [2.75, 3.05) is 20.3 Å². The fourth-order valence-corrected chi connectivity index (χ4v) is 2.01. The lowest BCUT2D eigenvalue weighted by Gasteiger charge is -2.05. The molecule has 0 aliphatic heterocycles. The Kier molecular flexibility index (Phi) is 5.91. The van der Waals surface area contributed by atoms with Gasteiger partial charge in [0.25, 0.3) is 11.6 Å². The summed E-state index contributed by atoms with van der Waals surface area (Å²) in [6.45, 7) is 2.56. The number of methoxy groups -OCH3 is 1. The molecule has 0 aliphatic carbocycles. The molecule has 0 saturated carbocycles. The molecule has 0 radical (unpaired) electrons. The second kappa shape index (κ2) is 8.11. The number of ether oxygens (including phenoxy) is 2. The number of nitro groups is 1. The number of nitrogens with one attached hydrogen (secondary N) is 1. The van der Waals surface area contributed by atoms with Crippen molar-refractivity contribution in [1.29, 1.82) is 0 Å². The molecule has 1 aromatic carbocycles. The molecule has 24 heavy (non-hydrogen) atoms. The van der Waals surface area contributed by atoms with E-state index < -0.39 is 4.92 Å². The van der Waals surface area contributed by atoms with E-state index in [0.29, 0.717) is 30.2 Å². The van der Waals surface area contributed by atoms with Crippen LogP contribution >= 0.6 is 0 Å². The molecule has 0 spiro atoms. The van der Waals surface area contributed by atoms with Gasteiger partial charge in [-0.25, -0.2) is 0 Å². The van der Waals surface area contributed by atoms with E-state index in [-0.39, 0.29) is 24.0 Å². The Morgan fingerprint density at radius 3 is 2.79 bits per heavy atom. The topological polar surface area (TPSA) is 104 Å². The first-order valence-electron chi connectivity index (χ1n) is 7.25. The number of benzene rings is 1. The van der Waals surface area contributed by atoms with Crippen molar-refractivity contribution in [1.82, 2.24) is 5.32 Å². The minimum Gasteiger partial charge on any atom is -0.486 e. The smallest absolute Gasteiger partial charge is 0.287 e. The average molecular weight is 334 g/mol. The number of furan rings is 1. The highest BCUT2D eigenvalue weighted by Crippen LogP contribution is 2.23. The number of rotatable bonds is 8. The molecule has 8 heteroatoms. The highest BCUT2D eigenvalue weighted by atomic mass is 16.6. The van der Waals surface area contributed by atoms with Gasteiger partial charge in [0, 0.05) is 25.3 Å². The van der Waals surface area contributed by atoms with Crippen LogP contribution in [0.4, 0.5) is 5.69 Å². The van der Waals surface area contributed by atoms with Crippen LogP contribution in [0.25, 0.3) is 0 Å². The molecule has 0 bridgehead atoms. The zero-order valence-electron chi connectivity index (χ0n) is 13.4. The highest BCUT2D eigenvalue weighted by molar-refractivity contribution is 5.91. The van der Waals surface area contributed by atoms with Crippen LogP contribution in [0.15, 0.2) is 34.7 Å². The number of carbonyl (C=O) groups is 1. The maximum atomic E-state index is 11.8. The van der Waals surface area contributed by atoms with Crippen LogP contribution < -0.4 is 10.1 Å². The monoisotopic (exact) mass is 334 g/mol. The van der Waals surface area contributed by atoms with Crippen LogP contribution in [0, 0.1) is 17.0 Å². The molecule has 1 heterocycles. The van der Waals surface area contributed by atoms with Crippen LogP contribution in [0.2, 0.25) is 0 Å². The molecular formula is C16H18N2O6. The zero-order chi connectivity index (χ0) is 17.5. The van der Waals surface area contributed by atoms with Gasteiger partial charge in [0.2, 0.25) is 0 Å². The van der Waals surface area contributed by atoms with E-state index in [9.17, 15) is 14.9 Å². The molecule has 0 fully saturated rings. The minimum atomic E-state index is -0.444. The van der Waals surface area contributed by atoms with E-state index in [2.05, 4.69) is 5.32 Å². The largest absolute Gasteiger partial charge is 0.486 e. The van der Waals surface area contributed by atoms with Gasteiger partial charge in [-0.15, -0.1) is 0 Å². The maximum absolute atomic E-state index is 11.8. The van der Waals surface area contributed by atoms with Crippen LogP contribution in [-0.2, 0) is 11.3 Å². The fraction of sp³-hybridized carbons (Fsp3) is 0.312. The van der Waals surface area contributed by atoms with Gasteiger partial charge >= 0.3 is 0 Å². The second-order valence-corrected chi connectivity index (χ2v) is 5.01. The highest BCUT2D eigenvalue weighted by Gasteiger charge is 2.13. The van der Waals surface area contributed by atoms with Crippen molar-refractivity contribution in [2.24, 2.45) is 0 Å². The van der Waals surface area contributed by atoms with E-state index in [0.717, 1.165) is 0 Å². The minimum absolute atomic E-state index is 0.0374. The Bertz CT molecular complexity index is 725. The third-order valence-corrected chi connectivity index (χ3v) is 3.22. The van der Waals surface area contributed by atoms with Crippen molar-refractivity contribution < 1.29 is 23.6 Å². The number of nitrogens with zero attached hydrogens (tertiary/aromatic N) is 1. The van der Waals surface area contributed by atoms with Gasteiger partial charge in [-0.2, -0.15) is 0 Å². The van der Waals surface area contributed by atoms with E-state index in [1.54, 1.807) is 32.2 Å². The first kappa shape index (κ1) is 17.5. The molecule has 2 rings (SSSR count). The van der Waals surface area contributed by atoms with Crippen LogP contribution in [0.5, 0.6) is 5.75 Å². The molecule has 8 nitrogen and oxygen atoms in total. The van der Waals surface area contributed by atoms with Gasteiger partial charge in [-0.3, -0.25) is 14.9 Å². The van der Waals surface area contributed by atoms with Crippen molar-refractivity contribution >= 4 is 11.6 Å². The van der Waals surface area contributed by atoms with E-state index in [4.69, 9.17) is 13.9 Å². The van der Waals surface area contributed by atoms with Gasteiger partial charge in [0.1, 0.15) is 18.1 Å². The number of carbonyl (C=O) groups excluding carboxylic acids is 1. The quantitative estimate of drug-likeness (QED) is 0.452. The second-order valence-electron chi connectivity index (χ2n) is 5.01. The summed E-state index contributed by atoms with van der Waals surface area (Å²) < 4.78 is 15.8. The summed E-state index contributed by atoms with van der Waals surface area (Å²) in [5.41, 5.74) is 0.547. The summed E-state index contributed by atoms with van der Waals surface area (Å²) in [7, 11) is 1.55. The normalized spacial score (nSPS) is 10.4. The number of hydrogen-bond donors (Lipinski definition) is 1. The first-order chi connectivity index (χ1) is 11.5. The Morgan fingerprint density at radius 2 is 2.12 bits per heavy atom. The third kappa shape index (κ3) is 4.56.